The van der Waals surface area contributed by atoms with E-state index in [0.29, 0.717) is 5.02 Å². The first kappa shape index (κ1) is 10.8. The molecule has 0 spiro atoms. The van der Waals surface area contributed by atoms with Gasteiger partial charge in [-0.25, -0.2) is 4.98 Å². The van der Waals surface area contributed by atoms with Crippen molar-refractivity contribution in [3.05, 3.63) is 58.3 Å². The summed E-state index contributed by atoms with van der Waals surface area (Å²) in [4.78, 5) is 4.35. The van der Waals surface area contributed by atoms with Crippen molar-refractivity contribution in [3.8, 4) is 5.69 Å². The van der Waals surface area contributed by atoms with Crippen LogP contribution in [-0.4, -0.2) is 9.55 Å². The second-order valence-corrected chi connectivity index (χ2v) is 5.02. The monoisotopic (exact) mass is 306 g/mol. The van der Waals surface area contributed by atoms with Crippen molar-refractivity contribution in [3.63, 3.8) is 0 Å². The van der Waals surface area contributed by atoms with Gasteiger partial charge in [-0.1, -0.05) is 39.7 Å². The van der Waals surface area contributed by atoms with Gasteiger partial charge in [0.25, 0.3) is 0 Å². The van der Waals surface area contributed by atoms with Gasteiger partial charge >= 0.3 is 0 Å². The summed E-state index contributed by atoms with van der Waals surface area (Å²) in [5, 5.41) is 0.697. The number of hydrogen-bond donors (Lipinski definition) is 0. The summed E-state index contributed by atoms with van der Waals surface area (Å²) in [5.41, 5.74) is 2.95. The second kappa shape index (κ2) is 4.17. The summed E-state index contributed by atoms with van der Waals surface area (Å²) in [5.74, 6) is 0. The molecule has 3 rings (SSSR count). The van der Waals surface area contributed by atoms with Gasteiger partial charge in [-0.05, 0) is 30.3 Å². The molecule has 84 valence electrons. The fourth-order valence-electron chi connectivity index (χ4n) is 1.83. The maximum atomic E-state index is 6.24. The highest BCUT2D eigenvalue weighted by Crippen LogP contribution is 2.27. The van der Waals surface area contributed by atoms with E-state index in [4.69, 9.17) is 11.6 Å². The molecule has 0 amide bonds. The lowest BCUT2D eigenvalue weighted by molar-refractivity contribution is 1.09. The molecule has 2 nitrogen and oxygen atoms in total. The highest BCUT2D eigenvalue weighted by Gasteiger charge is 2.07. The predicted octanol–water partition coefficient (Wildman–Crippen LogP) is 4.44. The Bertz CT molecular complexity index is 691. The molecule has 0 aliphatic heterocycles. The fourth-order valence-corrected chi connectivity index (χ4v) is 2.59. The molecule has 2 aromatic carbocycles. The molecule has 0 aliphatic rings. The molecule has 0 unspecified atom stereocenters. The highest BCUT2D eigenvalue weighted by atomic mass is 79.9. The van der Waals surface area contributed by atoms with Crippen molar-refractivity contribution in [1.82, 2.24) is 9.55 Å². The molecule has 1 heterocycles. The van der Waals surface area contributed by atoms with Crippen LogP contribution in [-0.2, 0) is 0 Å². The first-order valence-corrected chi connectivity index (χ1v) is 6.30. The molecule has 17 heavy (non-hydrogen) atoms. The number of benzene rings is 2. The molecule has 0 atom stereocenters. The van der Waals surface area contributed by atoms with Gasteiger partial charge in [0.15, 0.2) is 0 Å². The average Bonchev–Trinajstić information content (AvgIpc) is 2.73. The predicted molar refractivity (Wildman–Crippen MR) is 73.8 cm³/mol. The molecular formula is C13H8BrClN2. The standard InChI is InChI=1S/C13H8BrClN2/c14-9-5-6-12(10(15)7-9)17-8-16-11-3-1-2-4-13(11)17/h1-8H. The van der Waals surface area contributed by atoms with Crippen LogP contribution in [0.3, 0.4) is 0 Å². The minimum absolute atomic E-state index is 0.697. The summed E-state index contributed by atoms with van der Waals surface area (Å²) >= 11 is 9.64. The van der Waals surface area contributed by atoms with Crippen LogP contribution in [0.5, 0.6) is 0 Å². The summed E-state index contributed by atoms with van der Waals surface area (Å²) in [6, 6.07) is 13.8. The van der Waals surface area contributed by atoms with E-state index in [1.165, 1.54) is 0 Å². The van der Waals surface area contributed by atoms with Gasteiger partial charge in [0.2, 0.25) is 0 Å². The third-order valence-electron chi connectivity index (χ3n) is 2.62. The fraction of sp³-hybridized carbons (Fsp3) is 0. The molecule has 3 aromatic rings. The van der Waals surface area contributed by atoms with Crippen LogP contribution >= 0.6 is 27.5 Å². The number of aromatic nitrogens is 2. The third kappa shape index (κ3) is 1.85. The number of hydrogen-bond acceptors (Lipinski definition) is 1. The lowest BCUT2D eigenvalue weighted by Crippen LogP contribution is -1.92. The van der Waals surface area contributed by atoms with E-state index in [2.05, 4.69) is 20.9 Å². The van der Waals surface area contributed by atoms with Crippen LogP contribution in [0.25, 0.3) is 16.7 Å². The molecule has 0 aliphatic carbocycles. The number of nitrogens with zero attached hydrogens (tertiary/aromatic N) is 2. The van der Waals surface area contributed by atoms with Crippen LogP contribution in [0, 0.1) is 0 Å². The molecule has 0 fully saturated rings. The van der Waals surface area contributed by atoms with Crippen LogP contribution in [0.4, 0.5) is 0 Å². The normalized spacial score (nSPS) is 10.9. The van der Waals surface area contributed by atoms with Crippen LogP contribution in [0.15, 0.2) is 53.3 Å². The second-order valence-electron chi connectivity index (χ2n) is 3.70. The SMILES string of the molecule is Clc1cc(Br)ccc1-n1cnc2ccccc21. The molecule has 0 N–H and O–H groups in total. The van der Waals surface area contributed by atoms with Crippen molar-refractivity contribution >= 4 is 38.6 Å². The molecule has 4 heteroatoms. The summed E-state index contributed by atoms with van der Waals surface area (Å²) in [6.45, 7) is 0. The van der Waals surface area contributed by atoms with Crippen molar-refractivity contribution < 1.29 is 0 Å². The van der Waals surface area contributed by atoms with E-state index in [-0.39, 0.29) is 0 Å². The van der Waals surface area contributed by atoms with Gasteiger partial charge in [0, 0.05) is 4.47 Å². The van der Waals surface area contributed by atoms with Crippen molar-refractivity contribution in [2.45, 2.75) is 0 Å². The molecule has 0 bridgehead atoms. The minimum Gasteiger partial charge on any atom is -0.297 e. The molecular weight excluding hydrogens is 300 g/mol. The van der Waals surface area contributed by atoms with Crippen LogP contribution in [0.2, 0.25) is 5.02 Å². The zero-order valence-corrected chi connectivity index (χ0v) is 11.1. The molecule has 1 aromatic heterocycles. The summed E-state index contributed by atoms with van der Waals surface area (Å²) < 4.78 is 2.96. The summed E-state index contributed by atoms with van der Waals surface area (Å²) in [7, 11) is 0. The number of halogens is 2. The smallest absolute Gasteiger partial charge is 0.100 e. The Labute approximate surface area is 112 Å². The Kier molecular flexibility index (Phi) is 2.65. The lowest BCUT2D eigenvalue weighted by Gasteiger charge is -2.06. The maximum Gasteiger partial charge on any atom is 0.100 e. The first-order chi connectivity index (χ1) is 8.25. The number of imidazole rings is 1. The van der Waals surface area contributed by atoms with E-state index in [1.54, 1.807) is 6.33 Å². The van der Waals surface area contributed by atoms with Gasteiger partial charge in [-0.2, -0.15) is 0 Å². The Morgan fingerprint density at radius 3 is 2.76 bits per heavy atom. The topological polar surface area (TPSA) is 17.8 Å². The molecule has 0 radical (unpaired) electrons. The Balaban J connectivity index is 2.27. The van der Waals surface area contributed by atoms with E-state index >= 15 is 0 Å². The van der Waals surface area contributed by atoms with Gasteiger partial charge in [-0.15, -0.1) is 0 Å². The van der Waals surface area contributed by atoms with Gasteiger partial charge in [-0.3, -0.25) is 4.57 Å². The Morgan fingerprint density at radius 1 is 1.12 bits per heavy atom. The largest absolute Gasteiger partial charge is 0.297 e. The lowest BCUT2D eigenvalue weighted by atomic mass is 10.3. The zero-order valence-electron chi connectivity index (χ0n) is 8.77. The van der Waals surface area contributed by atoms with E-state index in [9.17, 15) is 0 Å². The third-order valence-corrected chi connectivity index (χ3v) is 3.42. The van der Waals surface area contributed by atoms with Crippen LogP contribution in [0.1, 0.15) is 0 Å². The Hall–Kier alpha value is -1.32. The van der Waals surface area contributed by atoms with Crippen molar-refractivity contribution in [1.29, 1.82) is 0 Å². The minimum atomic E-state index is 0.697. The van der Waals surface area contributed by atoms with Gasteiger partial charge < -0.3 is 0 Å². The zero-order chi connectivity index (χ0) is 11.8. The first-order valence-electron chi connectivity index (χ1n) is 5.13. The number of rotatable bonds is 1. The quantitative estimate of drug-likeness (QED) is 0.650. The highest BCUT2D eigenvalue weighted by molar-refractivity contribution is 9.10. The molecule has 0 saturated heterocycles. The van der Waals surface area contributed by atoms with Crippen molar-refractivity contribution in [2.24, 2.45) is 0 Å². The maximum absolute atomic E-state index is 6.24. The van der Waals surface area contributed by atoms with E-state index in [1.807, 2.05) is 47.0 Å². The van der Waals surface area contributed by atoms with Gasteiger partial charge in [0.05, 0.1) is 21.7 Å². The van der Waals surface area contributed by atoms with Crippen LogP contribution < -0.4 is 0 Å². The number of fused-ring (bicyclic) bond motifs is 1. The number of para-hydroxylation sites is 2. The molecule has 0 saturated carbocycles. The Morgan fingerprint density at radius 2 is 1.94 bits per heavy atom. The van der Waals surface area contributed by atoms with E-state index < -0.39 is 0 Å². The average molecular weight is 308 g/mol. The summed E-state index contributed by atoms with van der Waals surface area (Å²) in [6.07, 6.45) is 1.79. The van der Waals surface area contributed by atoms with Crippen molar-refractivity contribution in [2.75, 3.05) is 0 Å². The van der Waals surface area contributed by atoms with E-state index in [0.717, 1.165) is 21.2 Å². The van der Waals surface area contributed by atoms with Gasteiger partial charge in [0.1, 0.15) is 6.33 Å².